The first-order chi connectivity index (χ1) is 10.4. The van der Waals surface area contributed by atoms with Gasteiger partial charge in [0.1, 0.15) is 0 Å². The number of carbonyl (C=O) groups excluding carboxylic acids is 1. The van der Waals surface area contributed by atoms with Crippen LogP contribution in [0, 0.1) is 0 Å². The summed E-state index contributed by atoms with van der Waals surface area (Å²) >= 11 is 0. The Hall–Kier alpha value is -2.08. The lowest BCUT2D eigenvalue weighted by Crippen LogP contribution is -2.46. The van der Waals surface area contributed by atoms with E-state index < -0.39 is 12.1 Å². The molecule has 0 saturated carbocycles. The zero-order chi connectivity index (χ0) is 16.5. The van der Waals surface area contributed by atoms with Gasteiger partial charge < -0.3 is 20.4 Å². The quantitative estimate of drug-likeness (QED) is 0.678. The van der Waals surface area contributed by atoms with E-state index in [-0.39, 0.29) is 25.0 Å². The number of hydrogen-bond acceptors (Lipinski definition) is 3. The fraction of sp³-hybridized carbons (Fsp3) is 0.500. The first kappa shape index (κ1) is 18.0. The SMILES string of the molecule is C[C@@H](O)CN(C)C(=O)NC(CCC(=O)O)Cc1ccccc1. The molecule has 6 nitrogen and oxygen atoms in total. The molecular weight excluding hydrogens is 284 g/mol. The minimum absolute atomic E-state index is 0.00209. The molecule has 0 spiro atoms. The number of aliphatic carboxylic acids is 1. The molecule has 2 amide bonds. The van der Waals surface area contributed by atoms with Gasteiger partial charge in [0, 0.05) is 26.1 Å². The van der Waals surface area contributed by atoms with Crippen LogP contribution < -0.4 is 5.32 Å². The topological polar surface area (TPSA) is 89.9 Å². The van der Waals surface area contributed by atoms with Crippen molar-refractivity contribution in [3.8, 4) is 0 Å². The maximum absolute atomic E-state index is 12.1. The third-order valence-electron chi connectivity index (χ3n) is 3.24. The van der Waals surface area contributed by atoms with Gasteiger partial charge in [0.2, 0.25) is 0 Å². The lowest BCUT2D eigenvalue weighted by Gasteiger charge is -2.24. The molecule has 0 bridgehead atoms. The number of carboxylic acids is 1. The van der Waals surface area contributed by atoms with Crippen LogP contribution in [0.4, 0.5) is 4.79 Å². The summed E-state index contributed by atoms with van der Waals surface area (Å²) in [5, 5.41) is 21.0. The molecular formula is C16H24N2O4. The lowest BCUT2D eigenvalue weighted by molar-refractivity contribution is -0.137. The van der Waals surface area contributed by atoms with Crippen LogP contribution in [0.2, 0.25) is 0 Å². The summed E-state index contributed by atoms with van der Waals surface area (Å²) in [6, 6.07) is 9.04. The van der Waals surface area contributed by atoms with Gasteiger partial charge in [-0.1, -0.05) is 30.3 Å². The molecule has 0 fully saturated rings. The van der Waals surface area contributed by atoms with Crippen molar-refractivity contribution in [1.29, 1.82) is 0 Å². The monoisotopic (exact) mass is 308 g/mol. The first-order valence-electron chi connectivity index (χ1n) is 7.34. The molecule has 22 heavy (non-hydrogen) atoms. The summed E-state index contributed by atoms with van der Waals surface area (Å²) < 4.78 is 0. The molecule has 0 saturated heterocycles. The summed E-state index contributed by atoms with van der Waals surface area (Å²) in [7, 11) is 1.60. The summed E-state index contributed by atoms with van der Waals surface area (Å²) in [4.78, 5) is 24.2. The number of rotatable bonds is 8. The van der Waals surface area contributed by atoms with E-state index in [1.54, 1.807) is 14.0 Å². The average molecular weight is 308 g/mol. The van der Waals surface area contributed by atoms with Gasteiger partial charge in [-0.05, 0) is 25.3 Å². The fourth-order valence-electron chi connectivity index (χ4n) is 2.19. The number of benzene rings is 1. The number of carbonyl (C=O) groups is 2. The van der Waals surface area contributed by atoms with Crippen LogP contribution in [-0.2, 0) is 11.2 Å². The molecule has 122 valence electrons. The van der Waals surface area contributed by atoms with E-state index in [1.165, 1.54) is 4.90 Å². The predicted molar refractivity (Wildman–Crippen MR) is 83.6 cm³/mol. The van der Waals surface area contributed by atoms with Gasteiger partial charge in [0.15, 0.2) is 0 Å². The van der Waals surface area contributed by atoms with E-state index in [2.05, 4.69) is 5.32 Å². The Bertz CT molecular complexity index is 476. The summed E-state index contributed by atoms with van der Waals surface area (Å²) in [6.07, 6.45) is 0.320. The second-order valence-electron chi connectivity index (χ2n) is 5.50. The molecule has 0 aliphatic carbocycles. The predicted octanol–water partition coefficient (Wildman–Crippen LogP) is 1.48. The maximum Gasteiger partial charge on any atom is 0.317 e. The average Bonchev–Trinajstić information content (AvgIpc) is 2.45. The van der Waals surface area contributed by atoms with Crippen molar-refractivity contribution in [2.24, 2.45) is 0 Å². The largest absolute Gasteiger partial charge is 0.481 e. The molecule has 0 heterocycles. The maximum atomic E-state index is 12.1. The van der Waals surface area contributed by atoms with E-state index in [4.69, 9.17) is 5.11 Å². The van der Waals surface area contributed by atoms with Crippen molar-refractivity contribution >= 4 is 12.0 Å². The van der Waals surface area contributed by atoms with E-state index in [1.807, 2.05) is 30.3 Å². The van der Waals surface area contributed by atoms with Gasteiger partial charge in [-0.15, -0.1) is 0 Å². The van der Waals surface area contributed by atoms with Crippen LogP contribution in [0.15, 0.2) is 30.3 Å². The number of aliphatic hydroxyl groups excluding tert-OH is 1. The number of aliphatic hydroxyl groups is 1. The molecule has 0 aromatic heterocycles. The Morgan fingerprint density at radius 1 is 1.27 bits per heavy atom. The second kappa shape index (κ2) is 9.04. The normalized spacial score (nSPS) is 13.2. The summed E-state index contributed by atoms with van der Waals surface area (Å²) in [6.45, 7) is 1.83. The smallest absolute Gasteiger partial charge is 0.317 e. The van der Waals surface area contributed by atoms with E-state index in [0.717, 1.165) is 5.56 Å². The Morgan fingerprint density at radius 3 is 2.45 bits per heavy atom. The molecule has 1 aromatic carbocycles. The highest BCUT2D eigenvalue weighted by Gasteiger charge is 2.18. The first-order valence-corrected chi connectivity index (χ1v) is 7.34. The summed E-state index contributed by atoms with van der Waals surface area (Å²) in [5.74, 6) is -0.885. The van der Waals surface area contributed by atoms with E-state index >= 15 is 0 Å². The van der Waals surface area contributed by atoms with Gasteiger partial charge in [0.25, 0.3) is 0 Å². The second-order valence-corrected chi connectivity index (χ2v) is 5.50. The van der Waals surface area contributed by atoms with E-state index in [9.17, 15) is 14.7 Å². The third-order valence-corrected chi connectivity index (χ3v) is 3.24. The van der Waals surface area contributed by atoms with Gasteiger partial charge in [-0.25, -0.2) is 4.79 Å². The van der Waals surface area contributed by atoms with Crippen LogP contribution in [0.1, 0.15) is 25.3 Å². The summed E-state index contributed by atoms with van der Waals surface area (Å²) in [5.41, 5.74) is 1.04. The van der Waals surface area contributed by atoms with Crippen molar-refractivity contribution in [3.63, 3.8) is 0 Å². The molecule has 1 rings (SSSR count). The highest BCUT2D eigenvalue weighted by Crippen LogP contribution is 2.08. The number of nitrogens with one attached hydrogen (secondary N) is 1. The van der Waals surface area contributed by atoms with Crippen LogP contribution in [-0.4, -0.2) is 52.9 Å². The zero-order valence-corrected chi connectivity index (χ0v) is 13.0. The minimum Gasteiger partial charge on any atom is -0.481 e. The standard InChI is InChI=1S/C16H24N2O4/c1-12(19)11-18(2)16(22)17-14(8-9-15(20)21)10-13-6-4-3-5-7-13/h3-7,12,14,19H,8-11H2,1-2H3,(H,17,22)(H,20,21)/t12-,14?/m1/s1. The van der Waals surface area contributed by atoms with Crippen molar-refractivity contribution < 1.29 is 19.8 Å². The molecule has 0 aliphatic rings. The van der Waals surface area contributed by atoms with Crippen LogP contribution in [0.25, 0.3) is 0 Å². The van der Waals surface area contributed by atoms with Crippen LogP contribution in [0.5, 0.6) is 0 Å². The Kier molecular flexibility index (Phi) is 7.39. The van der Waals surface area contributed by atoms with Crippen molar-refractivity contribution in [3.05, 3.63) is 35.9 Å². The molecule has 3 N–H and O–H groups in total. The lowest BCUT2D eigenvalue weighted by atomic mass is 10.0. The number of carboxylic acid groups (broad SMARTS) is 1. The molecule has 0 radical (unpaired) electrons. The van der Waals surface area contributed by atoms with E-state index in [0.29, 0.717) is 12.8 Å². The molecule has 6 heteroatoms. The van der Waals surface area contributed by atoms with Gasteiger partial charge in [0.05, 0.1) is 6.10 Å². The van der Waals surface area contributed by atoms with Crippen molar-refractivity contribution in [2.45, 2.75) is 38.3 Å². The van der Waals surface area contributed by atoms with Crippen LogP contribution >= 0.6 is 0 Å². The zero-order valence-electron chi connectivity index (χ0n) is 13.0. The van der Waals surface area contributed by atoms with Gasteiger partial charge in [-0.2, -0.15) is 0 Å². The molecule has 0 aliphatic heterocycles. The van der Waals surface area contributed by atoms with Gasteiger partial charge >= 0.3 is 12.0 Å². The number of urea groups is 1. The molecule has 1 unspecified atom stereocenters. The van der Waals surface area contributed by atoms with Crippen molar-refractivity contribution in [1.82, 2.24) is 10.2 Å². The minimum atomic E-state index is -0.885. The fourth-order valence-corrected chi connectivity index (χ4v) is 2.19. The number of nitrogens with zero attached hydrogens (tertiary/aromatic N) is 1. The van der Waals surface area contributed by atoms with Crippen molar-refractivity contribution in [2.75, 3.05) is 13.6 Å². The highest BCUT2D eigenvalue weighted by atomic mass is 16.4. The van der Waals surface area contributed by atoms with Gasteiger partial charge in [-0.3, -0.25) is 4.79 Å². The highest BCUT2D eigenvalue weighted by molar-refractivity contribution is 5.74. The number of hydrogen-bond donors (Lipinski definition) is 3. The number of amides is 2. The van der Waals surface area contributed by atoms with Crippen LogP contribution in [0.3, 0.4) is 0 Å². The number of likely N-dealkylation sites (N-methyl/N-ethyl adjacent to an activating group) is 1. The Labute approximate surface area is 130 Å². The Morgan fingerprint density at radius 2 is 1.91 bits per heavy atom. The Balaban J connectivity index is 2.64. The third kappa shape index (κ3) is 7.08. The molecule has 1 aromatic rings. The molecule has 2 atom stereocenters.